The largest absolute Gasteiger partial charge is 0.496 e. The van der Waals surface area contributed by atoms with Crippen molar-refractivity contribution in [2.45, 2.75) is 26.7 Å². The molecule has 17 heavy (non-hydrogen) atoms. The van der Waals surface area contributed by atoms with Crippen molar-refractivity contribution in [2.24, 2.45) is 0 Å². The number of aryl methyl sites for hydroxylation is 1. The first kappa shape index (κ1) is 11.7. The molecule has 0 unspecified atom stereocenters. The maximum atomic E-state index is 5.36. The average molecular weight is 231 g/mol. The fraction of sp³-hybridized carbons (Fsp3) is 0.357. The molecule has 0 atom stereocenters. The van der Waals surface area contributed by atoms with Gasteiger partial charge in [-0.3, -0.25) is 0 Å². The van der Waals surface area contributed by atoms with E-state index >= 15 is 0 Å². The van der Waals surface area contributed by atoms with Crippen LogP contribution in [0.5, 0.6) is 5.75 Å². The first-order valence-electron chi connectivity index (χ1n) is 5.73. The minimum absolute atomic E-state index is 0.411. The van der Waals surface area contributed by atoms with Gasteiger partial charge in [-0.05, 0) is 36.6 Å². The summed E-state index contributed by atoms with van der Waals surface area (Å²) in [6.07, 6.45) is 0. The van der Waals surface area contributed by atoms with Crippen LogP contribution in [0, 0.1) is 6.92 Å². The number of methoxy groups -OCH3 is 1. The van der Waals surface area contributed by atoms with Gasteiger partial charge >= 0.3 is 0 Å². The predicted octanol–water partition coefficient (Wildman–Crippen LogP) is 3.78. The molecule has 2 aromatic rings. The van der Waals surface area contributed by atoms with E-state index in [2.05, 4.69) is 25.1 Å². The molecule has 90 valence electrons. The summed E-state index contributed by atoms with van der Waals surface area (Å²) in [5.74, 6) is 2.13. The summed E-state index contributed by atoms with van der Waals surface area (Å²) < 4.78 is 10.6. The van der Waals surface area contributed by atoms with E-state index in [9.17, 15) is 0 Å². The number of rotatable bonds is 3. The molecule has 3 heteroatoms. The van der Waals surface area contributed by atoms with Gasteiger partial charge in [-0.25, -0.2) is 0 Å². The standard InChI is InChI=1S/C14H17NO2/c1-9(2)12-8-11(5-6-13(12)16-4)14-7-10(3)15-17-14/h5-9H,1-4H3. The summed E-state index contributed by atoms with van der Waals surface area (Å²) in [5.41, 5.74) is 3.11. The van der Waals surface area contributed by atoms with E-state index in [-0.39, 0.29) is 0 Å². The van der Waals surface area contributed by atoms with Crippen molar-refractivity contribution < 1.29 is 9.26 Å². The van der Waals surface area contributed by atoms with Crippen molar-refractivity contribution in [3.63, 3.8) is 0 Å². The smallest absolute Gasteiger partial charge is 0.167 e. The second kappa shape index (κ2) is 4.62. The molecule has 1 heterocycles. The van der Waals surface area contributed by atoms with Crippen LogP contribution in [0.1, 0.15) is 31.0 Å². The van der Waals surface area contributed by atoms with Crippen molar-refractivity contribution in [2.75, 3.05) is 7.11 Å². The van der Waals surface area contributed by atoms with E-state index in [1.54, 1.807) is 7.11 Å². The van der Waals surface area contributed by atoms with Gasteiger partial charge in [-0.1, -0.05) is 19.0 Å². The van der Waals surface area contributed by atoms with Crippen molar-refractivity contribution in [3.05, 3.63) is 35.5 Å². The zero-order chi connectivity index (χ0) is 12.4. The van der Waals surface area contributed by atoms with Gasteiger partial charge in [-0.15, -0.1) is 0 Å². The molecule has 1 aromatic carbocycles. The normalized spacial score (nSPS) is 10.9. The SMILES string of the molecule is COc1ccc(-c2cc(C)no2)cc1C(C)C. The Balaban J connectivity index is 2.47. The Morgan fingerprint density at radius 2 is 2.00 bits per heavy atom. The van der Waals surface area contributed by atoms with E-state index in [0.29, 0.717) is 5.92 Å². The molecule has 0 aliphatic carbocycles. The van der Waals surface area contributed by atoms with Crippen molar-refractivity contribution in [3.8, 4) is 17.1 Å². The van der Waals surface area contributed by atoms with E-state index in [1.165, 1.54) is 5.56 Å². The highest BCUT2D eigenvalue weighted by Crippen LogP contribution is 2.31. The maximum Gasteiger partial charge on any atom is 0.167 e. The van der Waals surface area contributed by atoms with Crippen LogP contribution in [0.15, 0.2) is 28.8 Å². The van der Waals surface area contributed by atoms with Crippen molar-refractivity contribution in [1.29, 1.82) is 0 Å². The first-order chi connectivity index (χ1) is 8.11. The number of ether oxygens (including phenoxy) is 1. The van der Waals surface area contributed by atoms with Crippen LogP contribution in [-0.2, 0) is 0 Å². The number of nitrogens with zero attached hydrogens (tertiary/aromatic N) is 1. The van der Waals surface area contributed by atoms with Gasteiger partial charge in [-0.2, -0.15) is 0 Å². The number of benzene rings is 1. The second-order valence-electron chi connectivity index (χ2n) is 4.44. The molecule has 0 aliphatic rings. The maximum absolute atomic E-state index is 5.36. The summed E-state index contributed by atoms with van der Waals surface area (Å²) in [4.78, 5) is 0. The Morgan fingerprint density at radius 3 is 2.53 bits per heavy atom. The number of hydrogen-bond acceptors (Lipinski definition) is 3. The first-order valence-corrected chi connectivity index (χ1v) is 5.73. The van der Waals surface area contributed by atoms with Gasteiger partial charge in [0, 0.05) is 11.6 Å². The topological polar surface area (TPSA) is 35.3 Å². The Labute approximate surface area is 101 Å². The molecule has 0 amide bonds. The van der Waals surface area contributed by atoms with Crippen LogP contribution in [0.4, 0.5) is 0 Å². The molecular formula is C14H17NO2. The average Bonchev–Trinajstić information content (AvgIpc) is 2.75. The lowest BCUT2D eigenvalue weighted by atomic mass is 9.98. The molecule has 3 nitrogen and oxygen atoms in total. The molecular weight excluding hydrogens is 214 g/mol. The van der Waals surface area contributed by atoms with E-state index in [0.717, 1.165) is 22.8 Å². The molecule has 0 bridgehead atoms. The molecule has 0 saturated carbocycles. The molecule has 0 radical (unpaired) electrons. The molecule has 0 fully saturated rings. The zero-order valence-corrected chi connectivity index (χ0v) is 10.7. The number of hydrogen-bond donors (Lipinski definition) is 0. The Hall–Kier alpha value is -1.77. The molecule has 0 spiro atoms. The lowest BCUT2D eigenvalue weighted by Gasteiger charge is -2.12. The third-order valence-corrected chi connectivity index (χ3v) is 2.76. The summed E-state index contributed by atoms with van der Waals surface area (Å²) in [6.45, 7) is 6.21. The third-order valence-electron chi connectivity index (χ3n) is 2.76. The highest BCUT2D eigenvalue weighted by atomic mass is 16.5. The highest BCUT2D eigenvalue weighted by molar-refractivity contribution is 5.61. The van der Waals surface area contributed by atoms with Gasteiger partial charge in [0.15, 0.2) is 5.76 Å². The Bertz CT molecular complexity index is 515. The Morgan fingerprint density at radius 1 is 1.24 bits per heavy atom. The van der Waals surface area contributed by atoms with E-state index < -0.39 is 0 Å². The monoisotopic (exact) mass is 231 g/mol. The van der Waals surface area contributed by atoms with Crippen LogP contribution in [0.25, 0.3) is 11.3 Å². The predicted molar refractivity (Wildman–Crippen MR) is 67.3 cm³/mol. The highest BCUT2D eigenvalue weighted by Gasteiger charge is 2.11. The minimum Gasteiger partial charge on any atom is -0.496 e. The van der Waals surface area contributed by atoms with E-state index in [1.807, 2.05) is 25.1 Å². The second-order valence-corrected chi connectivity index (χ2v) is 4.44. The summed E-state index contributed by atoms with van der Waals surface area (Å²) in [5, 5.41) is 3.90. The quantitative estimate of drug-likeness (QED) is 0.806. The van der Waals surface area contributed by atoms with Gasteiger partial charge < -0.3 is 9.26 Å². The molecule has 1 aromatic heterocycles. The minimum atomic E-state index is 0.411. The van der Waals surface area contributed by atoms with Gasteiger partial charge in [0.2, 0.25) is 0 Å². The summed E-state index contributed by atoms with van der Waals surface area (Å²) >= 11 is 0. The van der Waals surface area contributed by atoms with Crippen LogP contribution < -0.4 is 4.74 Å². The molecule has 2 rings (SSSR count). The van der Waals surface area contributed by atoms with Crippen LogP contribution in [0.3, 0.4) is 0 Å². The molecule has 0 saturated heterocycles. The lowest BCUT2D eigenvalue weighted by Crippen LogP contribution is -1.94. The molecule has 0 N–H and O–H groups in total. The summed E-state index contributed by atoms with van der Waals surface area (Å²) in [6, 6.07) is 8.00. The van der Waals surface area contributed by atoms with Gasteiger partial charge in [0.05, 0.1) is 12.8 Å². The van der Waals surface area contributed by atoms with Crippen molar-refractivity contribution in [1.82, 2.24) is 5.16 Å². The van der Waals surface area contributed by atoms with Gasteiger partial charge in [0.25, 0.3) is 0 Å². The molecule has 0 aliphatic heterocycles. The van der Waals surface area contributed by atoms with Crippen molar-refractivity contribution >= 4 is 0 Å². The fourth-order valence-electron chi connectivity index (χ4n) is 1.84. The van der Waals surface area contributed by atoms with Gasteiger partial charge in [0.1, 0.15) is 5.75 Å². The number of aromatic nitrogens is 1. The van der Waals surface area contributed by atoms with Crippen LogP contribution in [-0.4, -0.2) is 12.3 Å². The van der Waals surface area contributed by atoms with E-state index in [4.69, 9.17) is 9.26 Å². The van der Waals surface area contributed by atoms with Crippen LogP contribution >= 0.6 is 0 Å². The zero-order valence-electron chi connectivity index (χ0n) is 10.7. The fourth-order valence-corrected chi connectivity index (χ4v) is 1.84. The third kappa shape index (κ3) is 2.33. The lowest BCUT2D eigenvalue weighted by molar-refractivity contribution is 0.407. The van der Waals surface area contributed by atoms with Crippen LogP contribution in [0.2, 0.25) is 0 Å². The Kier molecular flexibility index (Phi) is 3.18. The summed E-state index contributed by atoms with van der Waals surface area (Å²) in [7, 11) is 1.69.